The molecule has 3 aromatic rings. The van der Waals surface area contributed by atoms with Crippen molar-refractivity contribution in [2.45, 2.75) is 0 Å². The summed E-state index contributed by atoms with van der Waals surface area (Å²) in [7, 11) is 0. The lowest BCUT2D eigenvalue weighted by Crippen LogP contribution is -2.03. The Morgan fingerprint density at radius 1 is 0.957 bits per heavy atom. The van der Waals surface area contributed by atoms with Crippen LogP contribution in [-0.4, -0.2) is 16.0 Å². The quantitative estimate of drug-likeness (QED) is 0.629. The van der Waals surface area contributed by atoms with Gasteiger partial charge in [-0.25, -0.2) is 0 Å². The Balaban J connectivity index is 1.75. The van der Waals surface area contributed by atoms with E-state index in [-0.39, 0.29) is 11.7 Å². The van der Waals surface area contributed by atoms with Gasteiger partial charge in [-0.2, -0.15) is 0 Å². The van der Waals surface area contributed by atoms with E-state index in [1.54, 1.807) is 12.1 Å². The third-order valence-corrected chi connectivity index (χ3v) is 3.94. The highest BCUT2D eigenvalue weighted by molar-refractivity contribution is 6.35. The lowest BCUT2D eigenvalue weighted by atomic mass is 10.00. The van der Waals surface area contributed by atoms with E-state index in [4.69, 9.17) is 0 Å². The number of anilines is 1. The first-order valence-corrected chi connectivity index (χ1v) is 7.30. The smallest absolute Gasteiger partial charge is 0.256 e. The molecule has 0 fully saturated rings. The lowest BCUT2D eigenvalue weighted by molar-refractivity contribution is -0.110. The molecule has 1 aliphatic rings. The maximum Gasteiger partial charge on any atom is 0.256 e. The van der Waals surface area contributed by atoms with Crippen molar-refractivity contribution in [2.24, 2.45) is 0 Å². The molecule has 3 N–H and O–H groups in total. The van der Waals surface area contributed by atoms with Crippen molar-refractivity contribution in [3.8, 4) is 16.9 Å². The van der Waals surface area contributed by atoms with E-state index in [1.807, 2.05) is 54.9 Å². The molecule has 4 heteroatoms. The van der Waals surface area contributed by atoms with Gasteiger partial charge in [0.15, 0.2) is 0 Å². The van der Waals surface area contributed by atoms with Gasteiger partial charge >= 0.3 is 0 Å². The first-order valence-electron chi connectivity index (χ1n) is 7.30. The number of benzene rings is 2. The van der Waals surface area contributed by atoms with E-state index in [0.29, 0.717) is 5.57 Å². The van der Waals surface area contributed by atoms with E-state index in [0.717, 1.165) is 27.9 Å². The van der Waals surface area contributed by atoms with Crippen LogP contribution < -0.4 is 5.32 Å². The van der Waals surface area contributed by atoms with Gasteiger partial charge < -0.3 is 15.4 Å². The molecule has 112 valence electrons. The average Bonchev–Trinajstić information content (AvgIpc) is 3.16. The van der Waals surface area contributed by atoms with E-state index in [2.05, 4.69) is 10.3 Å². The Morgan fingerprint density at radius 3 is 2.48 bits per heavy atom. The third kappa shape index (κ3) is 2.40. The minimum absolute atomic E-state index is 0.0935. The van der Waals surface area contributed by atoms with E-state index >= 15 is 0 Å². The fourth-order valence-corrected chi connectivity index (χ4v) is 2.76. The number of aromatic nitrogens is 1. The number of rotatable bonds is 2. The number of phenols is 1. The van der Waals surface area contributed by atoms with Gasteiger partial charge in [-0.1, -0.05) is 24.3 Å². The van der Waals surface area contributed by atoms with Crippen molar-refractivity contribution in [1.82, 2.24) is 4.98 Å². The summed E-state index contributed by atoms with van der Waals surface area (Å²) in [6.45, 7) is 0. The normalized spacial score (nSPS) is 14.8. The van der Waals surface area contributed by atoms with Crippen LogP contribution in [0.3, 0.4) is 0 Å². The molecule has 2 heterocycles. The third-order valence-electron chi connectivity index (χ3n) is 3.94. The molecule has 1 amide bonds. The van der Waals surface area contributed by atoms with Gasteiger partial charge in [0.1, 0.15) is 5.75 Å². The van der Waals surface area contributed by atoms with Crippen molar-refractivity contribution >= 4 is 23.2 Å². The summed E-state index contributed by atoms with van der Waals surface area (Å²) in [6, 6.07) is 14.8. The van der Waals surface area contributed by atoms with Crippen molar-refractivity contribution in [3.63, 3.8) is 0 Å². The maximum atomic E-state index is 12.2. The number of aromatic amines is 1. The number of aromatic hydroxyl groups is 1. The molecule has 1 aromatic heterocycles. The zero-order valence-corrected chi connectivity index (χ0v) is 12.2. The largest absolute Gasteiger partial charge is 0.508 e. The molecule has 0 unspecified atom stereocenters. The number of carbonyl (C=O) groups excluding carboxylic acids is 1. The van der Waals surface area contributed by atoms with Crippen LogP contribution in [0, 0.1) is 0 Å². The number of phenolic OH excluding ortho intramolecular Hbond substituents is 1. The molecule has 0 spiro atoms. The second-order valence-electron chi connectivity index (χ2n) is 5.46. The maximum absolute atomic E-state index is 12.2. The molecular formula is C19H14N2O2. The average molecular weight is 302 g/mol. The summed E-state index contributed by atoms with van der Waals surface area (Å²) < 4.78 is 0. The van der Waals surface area contributed by atoms with Gasteiger partial charge in [0, 0.05) is 29.2 Å². The molecule has 4 rings (SSSR count). The van der Waals surface area contributed by atoms with Gasteiger partial charge in [-0.3, -0.25) is 4.79 Å². The Labute approximate surface area is 133 Å². The van der Waals surface area contributed by atoms with Crippen LogP contribution in [0.4, 0.5) is 5.69 Å². The van der Waals surface area contributed by atoms with Gasteiger partial charge in [0.25, 0.3) is 5.91 Å². The van der Waals surface area contributed by atoms with Crippen LogP contribution in [0.15, 0.2) is 60.9 Å². The monoisotopic (exact) mass is 302 g/mol. The number of fused-ring (bicyclic) bond motifs is 1. The number of hydrogen-bond acceptors (Lipinski definition) is 2. The highest BCUT2D eigenvalue weighted by Gasteiger charge is 2.24. The van der Waals surface area contributed by atoms with Crippen molar-refractivity contribution < 1.29 is 9.90 Å². The van der Waals surface area contributed by atoms with E-state index in [1.165, 1.54) is 0 Å². The van der Waals surface area contributed by atoms with Gasteiger partial charge in [-0.15, -0.1) is 0 Å². The fourth-order valence-electron chi connectivity index (χ4n) is 2.76. The molecule has 0 bridgehead atoms. The summed E-state index contributed by atoms with van der Waals surface area (Å²) in [4.78, 5) is 15.2. The number of nitrogens with one attached hydrogen (secondary N) is 2. The molecule has 1 aliphatic heterocycles. The summed E-state index contributed by atoms with van der Waals surface area (Å²) in [5, 5.41) is 12.3. The number of H-pyrrole nitrogens is 1. The first kappa shape index (κ1) is 13.4. The highest BCUT2D eigenvalue weighted by atomic mass is 16.3. The van der Waals surface area contributed by atoms with Crippen LogP contribution in [-0.2, 0) is 4.79 Å². The van der Waals surface area contributed by atoms with E-state index in [9.17, 15) is 9.90 Å². The minimum Gasteiger partial charge on any atom is -0.508 e. The van der Waals surface area contributed by atoms with Crippen LogP contribution in [0.5, 0.6) is 5.75 Å². The molecule has 0 atom stereocenters. The minimum atomic E-state index is -0.0935. The molecule has 0 saturated heterocycles. The molecule has 0 radical (unpaired) electrons. The second-order valence-corrected chi connectivity index (χ2v) is 5.46. The summed E-state index contributed by atoms with van der Waals surface area (Å²) in [5.41, 5.74) is 5.32. The first-order chi connectivity index (χ1) is 11.2. The molecular weight excluding hydrogens is 288 g/mol. The molecule has 4 nitrogen and oxygen atoms in total. The Morgan fingerprint density at radius 2 is 1.74 bits per heavy atom. The summed E-state index contributed by atoms with van der Waals surface area (Å²) in [5.74, 6) is 0.143. The zero-order chi connectivity index (χ0) is 15.8. The molecule has 0 aliphatic carbocycles. The Bertz CT molecular complexity index is 907. The highest BCUT2D eigenvalue weighted by Crippen LogP contribution is 2.36. The van der Waals surface area contributed by atoms with Gasteiger partial charge in [-0.05, 0) is 47.0 Å². The standard InChI is InChI=1S/C19H14N2O2/c22-15-4-1-13(2-5-15)14-3-6-16-17(9-12-7-8-20-11-12)19(23)21-18(16)10-14/h1-11,20,22H,(H,21,23)/b17-9-. The van der Waals surface area contributed by atoms with Crippen molar-refractivity contribution in [2.75, 3.05) is 5.32 Å². The fraction of sp³-hybridized carbons (Fsp3) is 0. The predicted octanol–water partition coefficient (Wildman–Crippen LogP) is 3.88. The Kier molecular flexibility index (Phi) is 3.01. The van der Waals surface area contributed by atoms with Crippen LogP contribution in [0.25, 0.3) is 22.8 Å². The second kappa shape index (κ2) is 5.18. The Hall–Kier alpha value is -3.27. The van der Waals surface area contributed by atoms with E-state index < -0.39 is 0 Å². The zero-order valence-electron chi connectivity index (χ0n) is 12.2. The molecule has 23 heavy (non-hydrogen) atoms. The molecule has 0 saturated carbocycles. The number of carbonyl (C=O) groups is 1. The van der Waals surface area contributed by atoms with Crippen LogP contribution in [0.2, 0.25) is 0 Å². The van der Waals surface area contributed by atoms with Crippen LogP contribution >= 0.6 is 0 Å². The summed E-state index contributed by atoms with van der Waals surface area (Å²) >= 11 is 0. The van der Waals surface area contributed by atoms with Gasteiger partial charge in [0.2, 0.25) is 0 Å². The summed E-state index contributed by atoms with van der Waals surface area (Å²) in [6.07, 6.45) is 5.55. The van der Waals surface area contributed by atoms with Crippen molar-refractivity contribution in [1.29, 1.82) is 0 Å². The topological polar surface area (TPSA) is 65.1 Å². The van der Waals surface area contributed by atoms with Crippen LogP contribution in [0.1, 0.15) is 11.1 Å². The predicted molar refractivity (Wildman–Crippen MR) is 90.8 cm³/mol. The molecule has 2 aromatic carbocycles. The lowest BCUT2D eigenvalue weighted by Gasteiger charge is -2.05. The SMILES string of the molecule is O=C1Nc2cc(-c3ccc(O)cc3)ccc2/C1=C/c1cc[nH]c1. The van der Waals surface area contributed by atoms with Crippen molar-refractivity contribution in [3.05, 3.63) is 72.1 Å². The van der Waals surface area contributed by atoms with Gasteiger partial charge in [0.05, 0.1) is 0 Å². The number of amides is 1. The number of hydrogen-bond donors (Lipinski definition) is 3.